The molecule has 4 aromatic heterocycles. The highest BCUT2D eigenvalue weighted by molar-refractivity contribution is 6.30. The molecule has 0 aliphatic heterocycles. The van der Waals surface area contributed by atoms with Gasteiger partial charge in [-0.05, 0) is 23.8 Å². The maximum absolute atomic E-state index is 12.7. The van der Waals surface area contributed by atoms with Gasteiger partial charge in [-0.2, -0.15) is 8.78 Å². The third-order valence-corrected chi connectivity index (χ3v) is 3.90. The molecule has 0 unspecified atom stereocenters. The Kier molecular flexibility index (Phi) is 4.59. The quantitative estimate of drug-likeness (QED) is 0.513. The second-order valence-electron chi connectivity index (χ2n) is 5.57. The molecule has 0 radical (unpaired) electrons. The van der Waals surface area contributed by atoms with E-state index >= 15 is 0 Å². The number of pyridine rings is 2. The van der Waals surface area contributed by atoms with Gasteiger partial charge in [-0.15, -0.1) is 10.2 Å². The third-order valence-electron chi connectivity index (χ3n) is 3.69. The van der Waals surface area contributed by atoms with Crippen LogP contribution in [-0.2, 0) is 6.54 Å². The number of nitrogens with zero attached hydrogens (tertiary/aromatic N) is 6. The summed E-state index contributed by atoms with van der Waals surface area (Å²) in [4.78, 5) is 12.7. The van der Waals surface area contributed by atoms with E-state index in [1.165, 1.54) is 6.20 Å². The molecule has 136 valence electrons. The van der Waals surface area contributed by atoms with E-state index in [0.29, 0.717) is 28.6 Å². The summed E-state index contributed by atoms with van der Waals surface area (Å²) in [5, 5.41) is 7.54. The van der Waals surface area contributed by atoms with Gasteiger partial charge < -0.3 is 8.98 Å². The molecule has 0 bridgehead atoms. The van der Waals surface area contributed by atoms with Crippen LogP contribution in [0.15, 0.2) is 53.6 Å². The van der Waals surface area contributed by atoms with E-state index in [9.17, 15) is 8.78 Å². The van der Waals surface area contributed by atoms with Gasteiger partial charge in [-0.3, -0.25) is 9.97 Å². The van der Waals surface area contributed by atoms with Crippen LogP contribution in [-0.4, -0.2) is 29.7 Å². The molecule has 4 rings (SSSR count). The molecule has 0 atom stereocenters. The Morgan fingerprint density at radius 2 is 2.00 bits per heavy atom. The van der Waals surface area contributed by atoms with E-state index in [-0.39, 0.29) is 5.89 Å². The van der Waals surface area contributed by atoms with E-state index in [1.807, 2.05) is 10.6 Å². The lowest BCUT2D eigenvalue weighted by Gasteiger charge is -2.08. The fourth-order valence-electron chi connectivity index (χ4n) is 2.53. The smallest absolute Gasteiger partial charge is 0.314 e. The summed E-state index contributed by atoms with van der Waals surface area (Å²) in [6.07, 6.45) is 5.41. The minimum absolute atomic E-state index is 0.00824. The highest BCUT2D eigenvalue weighted by atomic mass is 35.5. The van der Waals surface area contributed by atoms with Crippen molar-refractivity contribution in [1.82, 2.24) is 29.7 Å². The van der Waals surface area contributed by atoms with Crippen LogP contribution in [0.1, 0.15) is 17.9 Å². The van der Waals surface area contributed by atoms with Crippen LogP contribution < -0.4 is 0 Å². The van der Waals surface area contributed by atoms with Crippen molar-refractivity contribution in [3.63, 3.8) is 0 Å². The predicted molar refractivity (Wildman–Crippen MR) is 92.1 cm³/mol. The Bertz CT molecular complexity index is 1080. The first-order chi connectivity index (χ1) is 13.1. The second kappa shape index (κ2) is 7.20. The zero-order valence-electron chi connectivity index (χ0n) is 13.6. The van der Waals surface area contributed by atoms with E-state index in [0.717, 1.165) is 5.56 Å². The normalized spacial score (nSPS) is 11.3. The van der Waals surface area contributed by atoms with Gasteiger partial charge in [0.2, 0.25) is 5.89 Å². The van der Waals surface area contributed by atoms with Gasteiger partial charge in [0.25, 0.3) is 5.89 Å². The van der Waals surface area contributed by atoms with E-state index in [2.05, 4.69) is 25.1 Å². The number of aromatic nitrogens is 6. The molecule has 0 spiro atoms. The molecule has 27 heavy (non-hydrogen) atoms. The first kappa shape index (κ1) is 17.2. The maximum Gasteiger partial charge on any atom is 0.314 e. The molecule has 0 fully saturated rings. The van der Waals surface area contributed by atoms with E-state index in [1.54, 1.807) is 36.9 Å². The summed E-state index contributed by atoms with van der Waals surface area (Å²) in [7, 11) is 0. The standard InChI is InChI=1S/C17H11ClF2N6O/c18-12-5-10(7-21-8-12)9-26-4-3-23-15(26)13-6-11(1-2-22-13)16-24-25-17(27-16)14(19)20/h1-8,14H,9H2. The number of hydrogen-bond donors (Lipinski definition) is 0. The SMILES string of the molecule is FC(F)c1nnc(-c2ccnc(-c3nccn3Cc3cncc(Cl)c3)c2)o1. The molecule has 0 aliphatic rings. The van der Waals surface area contributed by atoms with Gasteiger partial charge in [0.1, 0.15) is 5.69 Å². The van der Waals surface area contributed by atoms with Crippen molar-refractivity contribution in [2.75, 3.05) is 0 Å². The Balaban J connectivity index is 1.66. The zero-order chi connectivity index (χ0) is 18.8. The predicted octanol–water partition coefficient (Wildman–Crippen LogP) is 4.03. The van der Waals surface area contributed by atoms with Gasteiger partial charge in [0, 0.05) is 36.5 Å². The van der Waals surface area contributed by atoms with Crippen molar-refractivity contribution in [2.24, 2.45) is 0 Å². The average Bonchev–Trinajstić information content (AvgIpc) is 3.31. The Morgan fingerprint density at radius 1 is 1.11 bits per heavy atom. The minimum atomic E-state index is -2.82. The van der Waals surface area contributed by atoms with Crippen molar-refractivity contribution < 1.29 is 13.2 Å². The first-order valence-corrected chi connectivity index (χ1v) is 8.17. The molecule has 0 saturated heterocycles. The number of imidazole rings is 1. The molecule has 0 amide bonds. The van der Waals surface area contributed by atoms with Gasteiger partial charge in [0.05, 0.1) is 11.6 Å². The van der Waals surface area contributed by atoms with Gasteiger partial charge in [0.15, 0.2) is 5.82 Å². The van der Waals surface area contributed by atoms with Crippen LogP contribution >= 0.6 is 11.6 Å². The van der Waals surface area contributed by atoms with Crippen LogP contribution in [0.25, 0.3) is 23.0 Å². The minimum Gasteiger partial charge on any atom is -0.415 e. The van der Waals surface area contributed by atoms with Crippen LogP contribution in [0.5, 0.6) is 0 Å². The van der Waals surface area contributed by atoms with Crippen LogP contribution in [0.4, 0.5) is 8.78 Å². The molecule has 0 aliphatic carbocycles. The highest BCUT2D eigenvalue weighted by Crippen LogP contribution is 2.26. The third kappa shape index (κ3) is 3.68. The highest BCUT2D eigenvalue weighted by Gasteiger charge is 2.18. The summed E-state index contributed by atoms with van der Waals surface area (Å²) in [6.45, 7) is 0.491. The monoisotopic (exact) mass is 388 g/mol. The second-order valence-corrected chi connectivity index (χ2v) is 6.00. The molecule has 0 aromatic carbocycles. The fraction of sp³-hybridized carbons (Fsp3) is 0.118. The van der Waals surface area contributed by atoms with Crippen molar-refractivity contribution >= 4 is 11.6 Å². The molecule has 0 saturated carbocycles. The number of hydrogen-bond acceptors (Lipinski definition) is 6. The summed E-state index contributed by atoms with van der Waals surface area (Å²) >= 11 is 5.98. The van der Waals surface area contributed by atoms with E-state index in [4.69, 9.17) is 16.0 Å². The lowest BCUT2D eigenvalue weighted by molar-refractivity contribution is 0.116. The van der Waals surface area contributed by atoms with E-state index < -0.39 is 12.3 Å². The summed E-state index contributed by atoms with van der Waals surface area (Å²) in [5.41, 5.74) is 1.90. The Morgan fingerprint density at radius 3 is 2.78 bits per heavy atom. The average molecular weight is 389 g/mol. The molecular formula is C17H11ClF2N6O. The first-order valence-electron chi connectivity index (χ1n) is 7.79. The number of alkyl halides is 2. The van der Waals surface area contributed by atoms with Gasteiger partial charge >= 0.3 is 6.43 Å². The Labute approximate surface area is 156 Å². The summed E-state index contributed by atoms with van der Waals surface area (Å²) in [6, 6.07) is 5.06. The zero-order valence-corrected chi connectivity index (χ0v) is 14.4. The summed E-state index contributed by atoms with van der Waals surface area (Å²) in [5.74, 6) is -0.144. The topological polar surface area (TPSA) is 82.5 Å². The molecule has 0 N–H and O–H groups in total. The summed E-state index contributed by atoms with van der Waals surface area (Å²) < 4.78 is 32.2. The van der Waals surface area contributed by atoms with Crippen molar-refractivity contribution in [3.05, 3.63) is 65.7 Å². The molecular weight excluding hydrogens is 378 g/mol. The molecule has 4 heterocycles. The van der Waals surface area contributed by atoms with Crippen LogP contribution in [0, 0.1) is 0 Å². The van der Waals surface area contributed by atoms with Crippen molar-refractivity contribution in [1.29, 1.82) is 0 Å². The lowest BCUT2D eigenvalue weighted by Crippen LogP contribution is -2.02. The van der Waals surface area contributed by atoms with Gasteiger partial charge in [-0.1, -0.05) is 11.6 Å². The Hall–Kier alpha value is -3.20. The van der Waals surface area contributed by atoms with Gasteiger partial charge in [-0.25, -0.2) is 4.98 Å². The largest absolute Gasteiger partial charge is 0.415 e. The van der Waals surface area contributed by atoms with Crippen molar-refractivity contribution in [2.45, 2.75) is 13.0 Å². The molecule has 7 nitrogen and oxygen atoms in total. The fourth-order valence-corrected chi connectivity index (χ4v) is 2.73. The van der Waals surface area contributed by atoms with Crippen LogP contribution in [0.2, 0.25) is 5.02 Å². The lowest BCUT2D eigenvalue weighted by atomic mass is 10.2. The molecule has 10 heteroatoms. The number of halogens is 3. The maximum atomic E-state index is 12.7. The van der Waals surface area contributed by atoms with Crippen molar-refractivity contribution in [3.8, 4) is 23.0 Å². The number of rotatable bonds is 5. The van der Waals surface area contributed by atoms with Crippen LogP contribution in [0.3, 0.4) is 0 Å². The molecule has 4 aromatic rings.